The van der Waals surface area contributed by atoms with Crippen LogP contribution in [0.25, 0.3) is 10.8 Å². The lowest BCUT2D eigenvalue weighted by atomic mass is 10.0. The van der Waals surface area contributed by atoms with Crippen molar-refractivity contribution >= 4 is 10.8 Å². The fraction of sp³-hybridized carbons (Fsp3) is 0.188. The van der Waals surface area contributed by atoms with Crippen LogP contribution in [-0.2, 0) is 0 Å². The third-order valence-corrected chi connectivity index (χ3v) is 3.26. The SMILES string of the molecule is CCNC(c1ccoc1)c1nccc2ccccc12. The van der Waals surface area contributed by atoms with Crippen molar-refractivity contribution in [3.63, 3.8) is 0 Å². The van der Waals surface area contributed by atoms with E-state index in [9.17, 15) is 0 Å². The van der Waals surface area contributed by atoms with E-state index in [1.165, 1.54) is 10.8 Å². The molecule has 0 aliphatic carbocycles. The molecule has 0 amide bonds. The van der Waals surface area contributed by atoms with Crippen LogP contribution in [0.5, 0.6) is 0 Å². The third kappa shape index (κ3) is 2.25. The number of aromatic nitrogens is 1. The molecule has 3 aromatic rings. The van der Waals surface area contributed by atoms with Gasteiger partial charge in [0.25, 0.3) is 0 Å². The summed E-state index contributed by atoms with van der Waals surface area (Å²) in [6.07, 6.45) is 5.34. The fourth-order valence-electron chi connectivity index (χ4n) is 2.39. The Labute approximate surface area is 112 Å². The molecule has 0 fully saturated rings. The Kier molecular flexibility index (Phi) is 3.29. The van der Waals surface area contributed by atoms with Gasteiger partial charge in [0, 0.05) is 17.1 Å². The summed E-state index contributed by atoms with van der Waals surface area (Å²) in [5.74, 6) is 0. The Morgan fingerprint density at radius 1 is 1.21 bits per heavy atom. The number of hydrogen-bond acceptors (Lipinski definition) is 3. The lowest BCUT2D eigenvalue weighted by Gasteiger charge is -2.17. The van der Waals surface area contributed by atoms with Gasteiger partial charge in [0.15, 0.2) is 0 Å². The van der Waals surface area contributed by atoms with Crippen LogP contribution in [0, 0.1) is 0 Å². The van der Waals surface area contributed by atoms with Gasteiger partial charge in [-0.25, -0.2) is 0 Å². The maximum Gasteiger partial charge on any atom is 0.0954 e. The Balaban J connectivity index is 2.15. The molecule has 1 N–H and O–H groups in total. The van der Waals surface area contributed by atoms with Crippen molar-refractivity contribution in [3.8, 4) is 0 Å². The number of rotatable bonds is 4. The van der Waals surface area contributed by atoms with E-state index in [4.69, 9.17) is 4.42 Å². The van der Waals surface area contributed by atoms with E-state index in [2.05, 4.69) is 29.4 Å². The highest BCUT2D eigenvalue weighted by atomic mass is 16.3. The van der Waals surface area contributed by atoms with E-state index in [-0.39, 0.29) is 6.04 Å². The quantitative estimate of drug-likeness (QED) is 0.772. The number of nitrogens with one attached hydrogen (secondary N) is 1. The molecular formula is C16H16N2O. The van der Waals surface area contributed by atoms with Gasteiger partial charge in [-0.1, -0.05) is 31.2 Å². The molecule has 96 valence electrons. The minimum absolute atomic E-state index is 0.0647. The van der Waals surface area contributed by atoms with Gasteiger partial charge in [0.2, 0.25) is 0 Å². The molecule has 0 radical (unpaired) electrons. The maximum atomic E-state index is 5.21. The number of benzene rings is 1. The summed E-state index contributed by atoms with van der Waals surface area (Å²) in [6.45, 7) is 2.97. The monoisotopic (exact) mass is 252 g/mol. The van der Waals surface area contributed by atoms with E-state index in [0.29, 0.717) is 0 Å². The summed E-state index contributed by atoms with van der Waals surface area (Å²) < 4.78 is 5.21. The first-order chi connectivity index (χ1) is 9.40. The topological polar surface area (TPSA) is 38.1 Å². The van der Waals surface area contributed by atoms with Crippen molar-refractivity contribution < 1.29 is 4.42 Å². The van der Waals surface area contributed by atoms with Crippen molar-refractivity contribution in [1.29, 1.82) is 0 Å². The normalized spacial score (nSPS) is 12.7. The minimum Gasteiger partial charge on any atom is -0.472 e. The van der Waals surface area contributed by atoms with E-state index >= 15 is 0 Å². The van der Waals surface area contributed by atoms with Crippen molar-refractivity contribution in [2.24, 2.45) is 0 Å². The van der Waals surface area contributed by atoms with E-state index in [0.717, 1.165) is 17.8 Å². The van der Waals surface area contributed by atoms with Gasteiger partial charge in [-0.3, -0.25) is 4.98 Å². The zero-order valence-electron chi connectivity index (χ0n) is 10.8. The van der Waals surface area contributed by atoms with Crippen LogP contribution < -0.4 is 5.32 Å². The van der Waals surface area contributed by atoms with E-state index in [1.54, 1.807) is 12.5 Å². The summed E-state index contributed by atoms with van der Waals surface area (Å²) in [6, 6.07) is 12.4. The summed E-state index contributed by atoms with van der Waals surface area (Å²) in [5.41, 5.74) is 2.15. The van der Waals surface area contributed by atoms with Gasteiger partial charge in [0.1, 0.15) is 0 Å². The standard InChI is InChI=1S/C16H16N2O/c1-2-17-15(13-8-10-19-11-13)16-14-6-4-3-5-12(14)7-9-18-16/h3-11,15,17H,2H2,1H3. The van der Waals surface area contributed by atoms with E-state index in [1.807, 2.05) is 30.5 Å². The van der Waals surface area contributed by atoms with Crippen molar-refractivity contribution in [2.75, 3.05) is 6.54 Å². The molecule has 1 aromatic carbocycles. The van der Waals surface area contributed by atoms with E-state index < -0.39 is 0 Å². The van der Waals surface area contributed by atoms with Crippen LogP contribution in [-0.4, -0.2) is 11.5 Å². The second kappa shape index (κ2) is 5.24. The first-order valence-corrected chi connectivity index (χ1v) is 6.49. The van der Waals surface area contributed by atoms with Crippen LogP contribution in [0.4, 0.5) is 0 Å². The number of hydrogen-bond donors (Lipinski definition) is 1. The van der Waals surface area contributed by atoms with Crippen LogP contribution >= 0.6 is 0 Å². The zero-order valence-corrected chi connectivity index (χ0v) is 10.8. The predicted octanol–water partition coefficient (Wildman–Crippen LogP) is 3.53. The predicted molar refractivity (Wildman–Crippen MR) is 76.0 cm³/mol. The molecule has 3 rings (SSSR count). The Morgan fingerprint density at radius 2 is 2.11 bits per heavy atom. The highest BCUT2D eigenvalue weighted by Crippen LogP contribution is 2.27. The lowest BCUT2D eigenvalue weighted by Crippen LogP contribution is -2.22. The molecule has 3 nitrogen and oxygen atoms in total. The number of fused-ring (bicyclic) bond motifs is 1. The van der Waals surface area contributed by atoms with Crippen molar-refractivity contribution in [1.82, 2.24) is 10.3 Å². The molecule has 1 atom stereocenters. The fourth-order valence-corrected chi connectivity index (χ4v) is 2.39. The van der Waals surface area contributed by atoms with Gasteiger partial charge in [-0.2, -0.15) is 0 Å². The number of furan rings is 1. The average Bonchev–Trinajstić information content (AvgIpc) is 2.98. The van der Waals surface area contributed by atoms with Gasteiger partial charge >= 0.3 is 0 Å². The molecule has 0 saturated heterocycles. The second-order valence-electron chi connectivity index (χ2n) is 4.46. The molecule has 2 aromatic heterocycles. The maximum absolute atomic E-state index is 5.21. The van der Waals surface area contributed by atoms with Crippen LogP contribution in [0.2, 0.25) is 0 Å². The van der Waals surface area contributed by atoms with Gasteiger partial charge in [0.05, 0.1) is 24.3 Å². The Hall–Kier alpha value is -2.13. The van der Waals surface area contributed by atoms with Crippen LogP contribution in [0.15, 0.2) is 59.5 Å². The number of nitrogens with zero attached hydrogens (tertiary/aromatic N) is 1. The summed E-state index contributed by atoms with van der Waals surface area (Å²) in [5, 5.41) is 5.86. The number of pyridine rings is 1. The zero-order chi connectivity index (χ0) is 13.1. The van der Waals surface area contributed by atoms with Crippen molar-refractivity contribution in [3.05, 3.63) is 66.4 Å². The minimum atomic E-state index is 0.0647. The summed E-state index contributed by atoms with van der Waals surface area (Å²) >= 11 is 0. The average molecular weight is 252 g/mol. The molecule has 2 heterocycles. The Morgan fingerprint density at radius 3 is 2.89 bits per heavy atom. The summed E-state index contributed by atoms with van der Waals surface area (Å²) in [4.78, 5) is 4.58. The molecule has 0 bridgehead atoms. The molecule has 3 heteroatoms. The van der Waals surface area contributed by atoms with Crippen LogP contribution in [0.1, 0.15) is 24.2 Å². The third-order valence-electron chi connectivity index (χ3n) is 3.26. The molecule has 0 spiro atoms. The molecular weight excluding hydrogens is 236 g/mol. The first-order valence-electron chi connectivity index (χ1n) is 6.49. The molecule has 0 saturated carbocycles. The highest BCUT2D eigenvalue weighted by Gasteiger charge is 2.17. The lowest BCUT2D eigenvalue weighted by molar-refractivity contribution is 0.551. The highest BCUT2D eigenvalue weighted by molar-refractivity contribution is 5.85. The van der Waals surface area contributed by atoms with Gasteiger partial charge in [-0.05, 0) is 24.1 Å². The van der Waals surface area contributed by atoms with Crippen molar-refractivity contribution in [2.45, 2.75) is 13.0 Å². The van der Waals surface area contributed by atoms with Gasteiger partial charge < -0.3 is 9.73 Å². The smallest absolute Gasteiger partial charge is 0.0954 e. The second-order valence-corrected chi connectivity index (χ2v) is 4.46. The largest absolute Gasteiger partial charge is 0.472 e. The molecule has 0 aliphatic heterocycles. The molecule has 0 aliphatic rings. The Bertz CT molecular complexity index is 656. The molecule has 19 heavy (non-hydrogen) atoms. The first kappa shape index (κ1) is 11.9. The van der Waals surface area contributed by atoms with Crippen LogP contribution in [0.3, 0.4) is 0 Å². The van der Waals surface area contributed by atoms with Gasteiger partial charge in [-0.15, -0.1) is 0 Å². The molecule has 1 unspecified atom stereocenters. The summed E-state index contributed by atoms with van der Waals surface area (Å²) in [7, 11) is 0.